The number of thioether (sulfide) groups is 1. The topological polar surface area (TPSA) is 62.2 Å². The summed E-state index contributed by atoms with van der Waals surface area (Å²) >= 11 is 1.95. The lowest BCUT2D eigenvalue weighted by Crippen LogP contribution is -2.15. The molecule has 1 fully saturated rings. The Bertz CT molecular complexity index is 378. The Labute approximate surface area is 98.5 Å². The molecule has 0 aromatic carbocycles. The molecule has 4 nitrogen and oxygen atoms in total. The highest BCUT2D eigenvalue weighted by atomic mass is 32.2. The fourth-order valence-corrected chi connectivity index (χ4v) is 2.95. The van der Waals surface area contributed by atoms with Crippen LogP contribution in [-0.4, -0.2) is 33.6 Å². The predicted octanol–water partition coefficient (Wildman–Crippen LogP) is 2.09. The van der Waals surface area contributed by atoms with Gasteiger partial charge in [-0.3, -0.25) is 4.98 Å². The van der Waals surface area contributed by atoms with Crippen LogP contribution in [0.4, 0.5) is 5.69 Å². The highest BCUT2D eigenvalue weighted by Crippen LogP contribution is 2.26. The zero-order chi connectivity index (χ0) is 11.4. The molecule has 2 rings (SSSR count). The normalized spacial score (nSPS) is 19.6. The Morgan fingerprint density at radius 3 is 3.25 bits per heavy atom. The molecule has 2 heterocycles. The van der Waals surface area contributed by atoms with Crippen molar-refractivity contribution in [3.05, 3.63) is 24.0 Å². The first-order chi connectivity index (χ1) is 7.77. The van der Waals surface area contributed by atoms with E-state index < -0.39 is 5.97 Å². The molecule has 1 aliphatic heterocycles. The lowest BCUT2D eigenvalue weighted by atomic mass is 10.2. The molecule has 1 saturated heterocycles. The summed E-state index contributed by atoms with van der Waals surface area (Å²) in [6, 6.07) is 1.52. The van der Waals surface area contributed by atoms with E-state index in [1.807, 2.05) is 11.8 Å². The average Bonchev–Trinajstić information content (AvgIpc) is 2.79. The zero-order valence-electron chi connectivity index (χ0n) is 8.85. The van der Waals surface area contributed by atoms with Gasteiger partial charge in [-0.05, 0) is 24.7 Å². The molecule has 1 atom stereocenters. The van der Waals surface area contributed by atoms with E-state index in [-0.39, 0.29) is 5.56 Å². The summed E-state index contributed by atoms with van der Waals surface area (Å²) < 4.78 is 0. The second-order valence-electron chi connectivity index (χ2n) is 3.74. The molecule has 16 heavy (non-hydrogen) atoms. The van der Waals surface area contributed by atoms with E-state index in [4.69, 9.17) is 5.11 Å². The van der Waals surface area contributed by atoms with Crippen LogP contribution in [0.3, 0.4) is 0 Å². The third kappa shape index (κ3) is 2.66. The number of anilines is 1. The molecule has 1 aliphatic rings. The molecule has 1 aromatic heterocycles. The molecule has 0 saturated carbocycles. The maximum Gasteiger partial charge on any atom is 0.337 e. The van der Waals surface area contributed by atoms with Crippen LogP contribution in [0.2, 0.25) is 0 Å². The molecule has 0 aliphatic carbocycles. The molecule has 86 valence electrons. The van der Waals surface area contributed by atoms with Gasteiger partial charge in [0.2, 0.25) is 0 Å². The number of aromatic carboxylic acids is 1. The van der Waals surface area contributed by atoms with Crippen LogP contribution in [0.15, 0.2) is 18.5 Å². The summed E-state index contributed by atoms with van der Waals surface area (Å²) in [4.78, 5) is 14.9. The molecule has 0 bridgehead atoms. The Morgan fingerprint density at radius 2 is 2.56 bits per heavy atom. The van der Waals surface area contributed by atoms with Gasteiger partial charge in [0, 0.05) is 18.0 Å². The molecule has 0 spiro atoms. The predicted molar refractivity (Wildman–Crippen MR) is 65.2 cm³/mol. The van der Waals surface area contributed by atoms with Gasteiger partial charge in [-0.15, -0.1) is 0 Å². The summed E-state index contributed by atoms with van der Waals surface area (Å²) in [7, 11) is 0. The third-order valence-electron chi connectivity index (χ3n) is 2.60. The van der Waals surface area contributed by atoms with Crippen molar-refractivity contribution < 1.29 is 9.90 Å². The standard InChI is InChI=1S/C11H14N2O2S/c14-11(15)9-3-4-12-7-10(9)13-6-8-2-1-5-16-8/h3-4,7-8,13H,1-2,5-6H2,(H,14,15). The van der Waals surface area contributed by atoms with Crippen LogP contribution in [0.5, 0.6) is 0 Å². The largest absolute Gasteiger partial charge is 0.478 e. The van der Waals surface area contributed by atoms with Gasteiger partial charge in [-0.2, -0.15) is 11.8 Å². The minimum absolute atomic E-state index is 0.290. The maximum absolute atomic E-state index is 10.9. The summed E-state index contributed by atoms with van der Waals surface area (Å²) in [5, 5.41) is 12.8. The van der Waals surface area contributed by atoms with E-state index in [1.54, 1.807) is 6.20 Å². The number of carboxylic acid groups (broad SMARTS) is 1. The van der Waals surface area contributed by atoms with Crippen LogP contribution in [0.25, 0.3) is 0 Å². The lowest BCUT2D eigenvalue weighted by molar-refractivity contribution is 0.0698. The lowest BCUT2D eigenvalue weighted by Gasteiger charge is -2.12. The Balaban J connectivity index is 2.00. The average molecular weight is 238 g/mol. The Morgan fingerprint density at radius 1 is 1.69 bits per heavy atom. The number of nitrogens with one attached hydrogen (secondary N) is 1. The van der Waals surface area contributed by atoms with Crippen molar-refractivity contribution in [3.8, 4) is 0 Å². The zero-order valence-corrected chi connectivity index (χ0v) is 9.67. The Kier molecular flexibility index (Phi) is 3.66. The molecule has 0 radical (unpaired) electrons. The van der Waals surface area contributed by atoms with Crippen LogP contribution in [0, 0.1) is 0 Å². The number of nitrogens with zero attached hydrogens (tertiary/aromatic N) is 1. The second kappa shape index (κ2) is 5.21. The van der Waals surface area contributed by atoms with Crippen molar-refractivity contribution in [2.75, 3.05) is 17.6 Å². The SMILES string of the molecule is O=C(O)c1ccncc1NCC1CCCS1. The van der Waals surface area contributed by atoms with Gasteiger partial charge in [0.25, 0.3) is 0 Å². The monoisotopic (exact) mass is 238 g/mol. The summed E-state index contributed by atoms with van der Waals surface area (Å²) in [6.45, 7) is 0.816. The number of rotatable bonds is 4. The fraction of sp³-hybridized carbons (Fsp3) is 0.455. The number of hydrogen-bond donors (Lipinski definition) is 2. The van der Waals surface area contributed by atoms with Gasteiger partial charge < -0.3 is 10.4 Å². The Hall–Kier alpha value is -1.23. The van der Waals surface area contributed by atoms with E-state index >= 15 is 0 Å². The van der Waals surface area contributed by atoms with Crippen molar-refractivity contribution in [1.82, 2.24) is 4.98 Å². The van der Waals surface area contributed by atoms with E-state index in [0.717, 1.165) is 6.54 Å². The number of aromatic nitrogens is 1. The number of carbonyl (C=O) groups is 1. The van der Waals surface area contributed by atoms with Crippen molar-refractivity contribution in [3.63, 3.8) is 0 Å². The van der Waals surface area contributed by atoms with Gasteiger partial charge in [0.1, 0.15) is 0 Å². The van der Waals surface area contributed by atoms with Crippen LogP contribution >= 0.6 is 11.8 Å². The van der Waals surface area contributed by atoms with Crippen molar-refractivity contribution in [2.45, 2.75) is 18.1 Å². The highest BCUT2D eigenvalue weighted by molar-refractivity contribution is 8.00. The maximum atomic E-state index is 10.9. The highest BCUT2D eigenvalue weighted by Gasteiger charge is 2.16. The van der Waals surface area contributed by atoms with E-state index in [0.29, 0.717) is 10.9 Å². The number of hydrogen-bond acceptors (Lipinski definition) is 4. The van der Waals surface area contributed by atoms with Gasteiger partial charge >= 0.3 is 5.97 Å². The smallest absolute Gasteiger partial charge is 0.337 e. The molecule has 1 unspecified atom stereocenters. The van der Waals surface area contributed by atoms with Crippen molar-refractivity contribution in [2.24, 2.45) is 0 Å². The van der Waals surface area contributed by atoms with Gasteiger partial charge in [0.05, 0.1) is 17.4 Å². The molecular formula is C11H14N2O2S. The summed E-state index contributed by atoms with van der Waals surface area (Å²) in [5.41, 5.74) is 0.903. The number of pyridine rings is 1. The molecular weight excluding hydrogens is 224 g/mol. The third-order valence-corrected chi connectivity index (χ3v) is 3.99. The van der Waals surface area contributed by atoms with Gasteiger partial charge in [-0.25, -0.2) is 4.79 Å². The molecule has 5 heteroatoms. The minimum Gasteiger partial charge on any atom is -0.478 e. The number of carboxylic acids is 1. The van der Waals surface area contributed by atoms with E-state index in [9.17, 15) is 4.79 Å². The van der Waals surface area contributed by atoms with Gasteiger partial charge in [-0.1, -0.05) is 0 Å². The van der Waals surface area contributed by atoms with Crippen LogP contribution in [0.1, 0.15) is 23.2 Å². The first kappa shape index (κ1) is 11.3. The minimum atomic E-state index is -0.913. The van der Waals surface area contributed by atoms with E-state index in [2.05, 4.69) is 10.3 Å². The summed E-state index contributed by atoms with van der Waals surface area (Å²) in [6.07, 6.45) is 5.54. The molecule has 0 amide bonds. The van der Waals surface area contributed by atoms with Crippen LogP contribution in [-0.2, 0) is 0 Å². The van der Waals surface area contributed by atoms with Crippen molar-refractivity contribution >= 4 is 23.4 Å². The van der Waals surface area contributed by atoms with Crippen molar-refractivity contribution in [1.29, 1.82) is 0 Å². The van der Waals surface area contributed by atoms with E-state index in [1.165, 1.54) is 30.9 Å². The molecule has 1 aromatic rings. The first-order valence-electron chi connectivity index (χ1n) is 5.30. The van der Waals surface area contributed by atoms with Crippen LogP contribution < -0.4 is 5.32 Å². The quantitative estimate of drug-likeness (QED) is 0.841. The summed E-state index contributed by atoms with van der Waals surface area (Å²) in [5.74, 6) is 0.300. The molecule has 2 N–H and O–H groups in total. The second-order valence-corrected chi connectivity index (χ2v) is 5.15. The van der Waals surface area contributed by atoms with Gasteiger partial charge in [0.15, 0.2) is 0 Å². The first-order valence-corrected chi connectivity index (χ1v) is 6.35. The fourth-order valence-electron chi connectivity index (χ4n) is 1.75.